The van der Waals surface area contributed by atoms with Crippen molar-refractivity contribution in [3.05, 3.63) is 41.2 Å². The molecule has 2 aromatic rings. The molecule has 0 aliphatic carbocycles. The zero-order valence-electron chi connectivity index (χ0n) is 13.3. The molecule has 0 amide bonds. The summed E-state index contributed by atoms with van der Waals surface area (Å²) in [5, 5.41) is 4.56. The summed E-state index contributed by atoms with van der Waals surface area (Å²) in [4.78, 5) is 15.7. The lowest BCUT2D eigenvalue weighted by Gasteiger charge is -2.35. The maximum Gasteiger partial charge on any atom is 0.359 e. The number of pyridine rings is 1. The molecule has 0 saturated carbocycles. The quantitative estimate of drug-likeness (QED) is 0.761. The molecule has 1 atom stereocenters. The second kappa shape index (κ2) is 8.19. The summed E-state index contributed by atoms with van der Waals surface area (Å²) in [6.45, 7) is 1.29. The molecular formula is C14H17ClN4O4S2. The Hall–Kier alpha value is -1.59. The molecule has 0 radical (unpaired) electrons. The van der Waals surface area contributed by atoms with Crippen molar-refractivity contribution in [2.24, 2.45) is 0 Å². The van der Waals surface area contributed by atoms with Gasteiger partial charge < -0.3 is 10.1 Å². The van der Waals surface area contributed by atoms with Gasteiger partial charge in [-0.05, 0) is 23.2 Å². The smallest absolute Gasteiger partial charge is 0.359 e. The highest BCUT2D eigenvalue weighted by Crippen LogP contribution is 2.30. The molecule has 25 heavy (non-hydrogen) atoms. The second-order valence-electron chi connectivity index (χ2n) is 5.14. The number of carbonyl (C=O) groups is 1. The number of piperazine rings is 1. The minimum atomic E-state index is -3.89. The van der Waals surface area contributed by atoms with E-state index in [1.165, 1.54) is 16.8 Å². The summed E-state index contributed by atoms with van der Waals surface area (Å²) in [7, 11) is -2.69. The first kappa shape index (κ1) is 19.7. The molecular weight excluding hydrogens is 388 g/mol. The van der Waals surface area contributed by atoms with Gasteiger partial charge in [-0.15, -0.1) is 12.4 Å². The van der Waals surface area contributed by atoms with Crippen molar-refractivity contribution >= 4 is 39.9 Å². The molecule has 0 spiro atoms. The van der Waals surface area contributed by atoms with Gasteiger partial charge >= 0.3 is 5.97 Å². The molecule has 1 saturated heterocycles. The molecule has 0 bridgehead atoms. The topological polar surface area (TPSA) is 101 Å². The van der Waals surface area contributed by atoms with Gasteiger partial charge in [-0.1, -0.05) is 6.07 Å². The highest BCUT2D eigenvalue weighted by atomic mass is 35.5. The van der Waals surface area contributed by atoms with Crippen LogP contribution in [0, 0.1) is 0 Å². The number of esters is 1. The van der Waals surface area contributed by atoms with Crippen molar-refractivity contribution in [3.63, 3.8) is 0 Å². The van der Waals surface area contributed by atoms with Gasteiger partial charge in [0.15, 0.2) is 5.69 Å². The van der Waals surface area contributed by atoms with Crippen LogP contribution in [0.3, 0.4) is 0 Å². The largest absolute Gasteiger partial charge is 0.464 e. The fourth-order valence-electron chi connectivity index (χ4n) is 2.60. The lowest BCUT2D eigenvalue weighted by Crippen LogP contribution is -2.48. The molecule has 1 aliphatic rings. The Morgan fingerprint density at radius 3 is 2.96 bits per heavy atom. The molecule has 3 rings (SSSR count). The van der Waals surface area contributed by atoms with Crippen LogP contribution in [0.2, 0.25) is 0 Å². The number of ether oxygens (including phenoxy) is 1. The normalized spacial score (nSPS) is 18.4. The summed E-state index contributed by atoms with van der Waals surface area (Å²) in [6.07, 6.45) is 3.28. The van der Waals surface area contributed by atoms with Gasteiger partial charge in [-0.2, -0.15) is 8.68 Å². The lowest BCUT2D eigenvalue weighted by molar-refractivity contribution is 0.0590. The van der Waals surface area contributed by atoms with E-state index in [1.807, 2.05) is 6.07 Å². The van der Waals surface area contributed by atoms with E-state index in [-0.39, 0.29) is 23.0 Å². The number of sulfonamides is 1. The summed E-state index contributed by atoms with van der Waals surface area (Å²) in [6, 6.07) is 3.20. The summed E-state index contributed by atoms with van der Waals surface area (Å²) < 4.78 is 36.1. The Bertz CT molecular complexity index is 828. The molecule has 3 heterocycles. The third-order valence-corrected chi connectivity index (χ3v) is 6.47. The number of hydrogen-bond acceptors (Lipinski definition) is 8. The van der Waals surface area contributed by atoms with E-state index in [0.29, 0.717) is 19.6 Å². The molecule has 8 nitrogen and oxygen atoms in total. The zero-order chi connectivity index (χ0) is 17.2. The number of nitrogens with zero attached hydrogens (tertiary/aromatic N) is 3. The van der Waals surface area contributed by atoms with Crippen LogP contribution in [-0.2, 0) is 14.8 Å². The SMILES string of the molecule is COC(=O)c1nscc1S(=O)(=O)N1CCNCC1c1cccnc1.Cl. The van der Waals surface area contributed by atoms with E-state index >= 15 is 0 Å². The van der Waals surface area contributed by atoms with Gasteiger partial charge in [-0.25, -0.2) is 13.2 Å². The summed E-state index contributed by atoms with van der Waals surface area (Å²) in [5.74, 6) is -0.761. The first-order valence-corrected chi connectivity index (χ1v) is 9.48. The average molecular weight is 405 g/mol. The van der Waals surface area contributed by atoms with Crippen molar-refractivity contribution in [2.45, 2.75) is 10.9 Å². The van der Waals surface area contributed by atoms with E-state index < -0.39 is 22.0 Å². The van der Waals surface area contributed by atoms with Crippen LogP contribution < -0.4 is 5.32 Å². The summed E-state index contributed by atoms with van der Waals surface area (Å²) in [5.41, 5.74) is 0.613. The Labute approximate surface area is 155 Å². The van der Waals surface area contributed by atoms with Gasteiger partial charge in [-0.3, -0.25) is 4.98 Å². The number of halogens is 1. The van der Waals surface area contributed by atoms with Crippen LogP contribution in [0.4, 0.5) is 0 Å². The molecule has 1 N–H and O–H groups in total. The third kappa shape index (κ3) is 3.82. The van der Waals surface area contributed by atoms with Crippen molar-refractivity contribution in [1.82, 2.24) is 19.0 Å². The fraction of sp³-hybridized carbons (Fsp3) is 0.357. The van der Waals surface area contributed by atoms with Crippen LogP contribution >= 0.6 is 23.9 Å². The van der Waals surface area contributed by atoms with Crippen LogP contribution in [0.1, 0.15) is 22.1 Å². The lowest BCUT2D eigenvalue weighted by atomic mass is 10.1. The monoisotopic (exact) mass is 404 g/mol. The highest BCUT2D eigenvalue weighted by Gasteiger charge is 2.38. The molecule has 1 aliphatic heterocycles. The number of rotatable bonds is 4. The number of hydrogen-bond donors (Lipinski definition) is 1. The predicted octanol–water partition coefficient (Wildman–Crippen LogP) is 1.08. The number of aromatic nitrogens is 2. The highest BCUT2D eigenvalue weighted by molar-refractivity contribution is 7.89. The maximum absolute atomic E-state index is 13.1. The second-order valence-corrected chi connectivity index (χ2v) is 7.63. The standard InChI is InChI=1S/C14H16N4O4S2.ClH/c1-22-14(19)13-12(9-23-17-13)24(20,21)18-6-5-16-8-11(18)10-3-2-4-15-7-10;/h2-4,7,9,11,16H,5-6,8H2,1H3;1H. The van der Waals surface area contributed by atoms with Gasteiger partial charge in [0.05, 0.1) is 13.2 Å². The minimum absolute atomic E-state index is 0. The molecule has 136 valence electrons. The van der Waals surface area contributed by atoms with E-state index in [9.17, 15) is 13.2 Å². The van der Waals surface area contributed by atoms with E-state index in [0.717, 1.165) is 17.1 Å². The van der Waals surface area contributed by atoms with Crippen molar-refractivity contribution < 1.29 is 17.9 Å². The molecule has 1 unspecified atom stereocenters. The maximum atomic E-state index is 13.1. The number of methoxy groups -OCH3 is 1. The predicted molar refractivity (Wildman–Crippen MR) is 94.4 cm³/mol. The molecule has 2 aromatic heterocycles. The Morgan fingerprint density at radius 1 is 1.48 bits per heavy atom. The molecule has 11 heteroatoms. The van der Waals surface area contributed by atoms with Crippen LogP contribution in [0.25, 0.3) is 0 Å². The first-order chi connectivity index (χ1) is 11.6. The minimum Gasteiger partial charge on any atom is -0.464 e. The van der Waals surface area contributed by atoms with E-state index in [1.54, 1.807) is 18.5 Å². The van der Waals surface area contributed by atoms with Gasteiger partial charge in [0.1, 0.15) is 4.90 Å². The van der Waals surface area contributed by atoms with Crippen molar-refractivity contribution in [2.75, 3.05) is 26.7 Å². The van der Waals surface area contributed by atoms with Crippen LogP contribution in [0.15, 0.2) is 34.8 Å². The molecule has 1 fully saturated rings. The number of carbonyl (C=O) groups excluding carboxylic acids is 1. The van der Waals surface area contributed by atoms with Gasteiger partial charge in [0.2, 0.25) is 10.0 Å². The Morgan fingerprint density at radius 2 is 2.28 bits per heavy atom. The number of nitrogens with one attached hydrogen (secondary N) is 1. The van der Waals surface area contributed by atoms with Gasteiger partial charge in [0.25, 0.3) is 0 Å². The Balaban J connectivity index is 0.00000225. The van der Waals surface area contributed by atoms with E-state index in [4.69, 9.17) is 0 Å². The fourth-order valence-corrected chi connectivity index (χ4v) is 5.30. The third-order valence-electron chi connectivity index (χ3n) is 3.77. The van der Waals surface area contributed by atoms with Crippen LogP contribution in [-0.4, -0.2) is 54.8 Å². The Kier molecular flexibility index (Phi) is 6.47. The van der Waals surface area contributed by atoms with Crippen LogP contribution in [0.5, 0.6) is 0 Å². The van der Waals surface area contributed by atoms with Crippen molar-refractivity contribution in [3.8, 4) is 0 Å². The van der Waals surface area contributed by atoms with Gasteiger partial charge in [0, 0.05) is 37.4 Å². The van der Waals surface area contributed by atoms with E-state index in [2.05, 4.69) is 19.4 Å². The average Bonchev–Trinajstić information content (AvgIpc) is 3.12. The first-order valence-electron chi connectivity index (χ1n) is 7.21. The summed E-state index contributed by atoms with van der Waals surface area (Å²) >= 11 is 0.913. The zero-order valence-corrected chi connectivity index (χ0v) is 15.7. The van der Waals surface area contributed by atoms with Crippen molar-refractivity contribution in [1.29, 1.82) is 0 Å². The molecule has 0 aromatic carbocycles.